The van der Waals surface area contributed by atoms with Gasteiger partial charge >= 0.3 is 0 Å². The van der Waals surface area contributed by atoms with E-state index >= 15 is 0 Å². The molecule has 0 bridgehead atoms. The van der Waals surface area contributed by atoms with E-state index in [1.807, 2.05) is 0 Å². The summed E-state index contributed by atoms with van der Waals surface area (Å²) in [6.45, 7) is 0. The molecule has 1 aromatic carbocycles. The summed E-state index contributed by atoms with van der Waals surface area (Å²) in [5, 5.41) is 8.49. The lowest BCUT2D eigenvalue weighted by Gasteiger charge is -2.07. The minimum absolute atomic E-state index is 0.100. The Hall–Kier alpha value is -1.60. The van der Waals surface area contributed by atoms with Crippen LogP contribution in [-0.2, 0) is 0 Å². The van der Waals surface area contributed by atoms with Crippen molar-refractivity contribution in [2.75, 3.05) is 7.11 Å². The molecule has 3 nitrogen and oxygen atoms in total. The maximum atomic E-state index is 13.4. The van der Waals surface area contributed by atoms with Crippen LogP contribution in [0.2, 0.25) is 0 Å². The molecule has 0 aromatic heterocycles. The molecule has 0 aliphatic heterocycles. The van der Waals surface area contributed by atoms with E-state index in [0.717, 1.165) is 0 Å². The maximum absolute atomic E-state index is 13.4. The van der Waals surface area contributed by atoms with Gasteiger partial charge in [-0.1, -0.05) is 12.1 Å². The van der Waals surface area contributed by atoms with Crippen molar-refractivity contribution in [2.24, 2.45) is 5.73 Å². The van der Waals surface area contributed by atoms with Gasteiger partial charge < -0.3 is 10.5 Å². The fraction of sp³-hybridized carbons (Fsp3) is 0.222. The molecule has 0 radical (unpaired) electrons. The van der Waals surface area contributed by atoms with Crippen LogP contribution in [0.3, 0.4) is 0 Å². The molecule has 0 saturated carbocycles. The monoisotopic (exact) mass is 180 g/mol. The second kappa shape index (κ2) is 3.87. The number of nitrogens with zero attached hydrogens (tertiary/aromatic N) is 1. The third kappa shape index (κ3) is 1.76. The van der Waals surface area contributed by atoms with Crippen molar-refractivity contribution in [3.63, 3.8) is 0 Å². The summed E-state index contributed by atoms with van der Waals surface area (Å²) in [6.07, 6.45) is 0. The van der Waals surface area contributed by atoms with Gasteiger partial charge in [-0.25, -0.2) is 4.39 Å². The van der Waals surface area contributed by atoms with Gasteiger partial charge in [0.1, 0.15) is 6.04 Å². The van der Waals surface area contributed by atoms with E-state index in [0.29, 0.717) is 0 Å². The van der Waals surface area contributed by atoms with E-state index in [9.17, 15) is 4.39 Å². The van der Waals surface area contributed by atoms with Gasteiger partial charge in [-0.2, -0.15) is 5.26 Å². The first-order valence-corrected chi connectivity index (χ1v) is 3.68. The normalized spacial score (nSPS) is 11.8. The summed E-state index contributed by atoms with van der Waals surface area (Å²) in [5.41, 5.74) is 5.52. The molecule has 1 aromatic rings. The zero-order chi connectivity index (χ0) is 9.84. The number of rotatable bonds is 2. The van der Waals surface area contributed by atoms with Gasteiger partial charge in [-0.15, -0.1) is 0 Å². The van der Waals surface area contributed by atoms with Crippen LogP contribution in [0.1, 0.15) is 11.6 Å². The Balaban J connectivity index is 3.17. The Kier molecular flexibility index (Phi) is 2.83. The number of nitriles is 1. The molecule has 0 aliphatic rings. The highest BCUT2D eigenvalue weighted by atomic mass is 19.1. The highest BCUT2D eigenvalue weighted by Gasteiger charge is 2.13. The van der Waals surface area contributed by atoms with Crippen LogP contribution >= 0.6 is 0 Å². The maximum Gasteiger partial charge on any atom is 0.170 e. The topological polar surface area (TPSA) is 59.0 Å². The predicted molar refractivity (Wildman–Crippen MR) is 45.5 cm³/mol. The van der Waals surface area contributed by atoms with Crippen LogP contribution in [0.4, 0.5) is 4.39 Å². The molecule has 0 saturated heterocycles. The van der Waals surface area contributed by atoms with Crippen LogP contribution in [0.25, 0.3) is 0 Å². The molecule has 1 rings (SSSR count). The Labute approximate surface area is 75.5 Å². The SMILES string of the molecule is COc1cccc([C@@H](N)C#N)c1F. The average molecular weight is 180 g/mol. The summed E-state index contributed by atoms with van der Waals surface area (Å²) >= 11 is 0. The molecule has 0 spiro atoms. The number of ether oxygens (including phenoxy) is 1. The largest absolute Gasteiger partial charge is 0.494 e. The van der Waals surface area contributed by atoms with Crippen molar-refractivity contribution in [1.29, 1.82) is 5.26 Å². The summed E-state index contributed by atoms with van der Waals surface area (Å²) in [4.78, 5) is 0. The second-order valence-electron chi connectivity index (χ2n) is 2.47. The third-order valence-electron chi connectivity index (χ3n) is 1.69. The molecule has 1 atom stereocenters. The van der Waals surface area contributed by atoms with Gasteiger partial charge in [0.15, 0.2) is 11.6 Å². The minimum Gasteiger partial charge on any atom is -0.494 e. The average Bonchev–Trinajstić information content (AvgIpc) is 2.17. The molecule has 0 fully saturated rings. The van der Waals surface area contributed by atoms with Gasteiger partial charge in [0.2, 0.25) is 0 Å². The molecule has 0 amide bonds. The highest BCUT2D eigenvalue weighted by molar-refractivity contribution is 5.34. The zero-order valence-electron chi connectivity index (χ0n) is 7.12. The van der Waals surface area contributed by atoms with Gasteiger partial charge in [0, 0.05) is 5.56 Å². The lowest BCUT2D eigenvalue weighted by atomic mass is 10.1. The van der Waals surface area contributed by atoms with Gasteiger partial charge in [0.05, 0.1) is 13.2 Å². The third-order valence-corrected chi connectivity index (χ3v) is 1.69. The quantitative estimate of drug-likeness (QED) is 0.747. The van der Waals surface area contributed by atoms with E-state index in [2.05, 4.69) is 0 Å². The molecule has 2 N–H and O–H groups in total. The molecule has 0 unspecified atom stereocenters. The minimum atomic E-state index is -0.949. The Morgan fingerprint density at radius 3 is 2.85 bits per heavy atom. The molecular formula is C9H9FN2O. The van der Waals surface area contributed by atoms with Crippen LogP contribution in [0, 0.1) is 17.1 Å². The van der Waals surface area contributed by atoms with Crippen LogP contribution in [0.5, 0.6) is 5.75 Å². The smallest absolute Gasteiger partial charge is 0.170 e. The molecule has 68 valence electrons. The number of nitrogens with two attached hydrogens (primary N) is 1. The predicted octanol–water partition coefficient (Wildman–Crippen LogP) is 1.36. The number of methoxy groups -OCH3 is 1. The zero-order valence-corrected chi connectivity index (χ0v) is 7.12. The van der Waals surface area contributed by atoms with Gasteiger partial charge in [-0.05, 0) is 6.07 Å². The van der Waals surface area contributed by atoms with Crippen molar-refractivity contribution in [3.05, 3.63) is 29.6 Å². The van der Waals surface area contributed by atoms with E-state index in [1.165, 1.54) is 19.2 Å². The first-order chi connectivity index (χ1) is 6.20. The lowest BCUT2D eigenvalue weighted by Crippen LogP contribution is -2.09. The highest BCUT2D eigenvalue weighted by Crippen LogP contribution is 2.23. The van der Waals surface area contributed by atoms with Crippen molar-refractivity contribution >= 4 is 0 Å². The van der Waals surface area contributed by atoms with Gasteiger partial charge in [0.25, 0.3) is 0 Å². The van der Waals surface area contributed by atoms with E-state index < -0.39 is 11.9 Å². The molecule has 0 aliphatic carbocycles. The summed E-state index contributed by atoms with van der Waals surface area (Å²) < 4.78 is 18.1. The van der Waals surface area contributed by atoms with Crippen LogP contribution in [-0.4, -0.2) is 7.11 Å². The molecule has 13 heavy (non-hydrogen) atoms. The van der Waals surface area contributed by atoms with E-state index in [4.69, 9.17) is 15.7 Å². The van der Waals surface area contributed by atoms with Crippen molar-refractivity contribution in [2.45, 2.75) is 6.04 Å². The summed E-state index contributed by atoms with van der Waals surface area (Å²) in [5.74, 6) is -0.470. The number of benzene rings is 1. The Morgan fingerprint density at radius 1 is 1.62 bits per heavy atom. The molecule has 0 heterocycles. The number of hydrogen-bond donors (Lipinski definition) is 1. The van der Waals surface area contributed by atoms with Crippen LogP contribution in [0.15, 0.2) is 18.2 Å². The summed E-state index contributed by atoms with van der Waals surface area (Å²) in [6, 6.07) is 5.34. The second-order valence-corrected chi connectivity index (χ2v) is 2.47. The van der Waals surface area contributed by atoms with Crippen molar-refractivity contribution in [3.8, 4) is 11.8 Å². The Bertz CT molecular complexity index is 346. The van der Waals surface area contributed by atoms with E-state index in [1.54, 1.807) is 12.1 Å². The first-order valence-electron chi connectivity index (χ1n) is 3.68. The molecule has 4 heteroatoms. The standard InChI is InChI=1S/C9H9FN2O/c1-13-8-4-2-3-6(9(8)10)7(12)5-11/h2-4,7H,12H2,1H3/t7-/m0/s1. The fourth-order valence-electron chi connectivity index (χ4n) is 0.995. The number of hydrogen-bond acceptors (Lipinski definition) is 3. The summed E-state index contributed by atoms with van der Waals surface area (Å²) in [7, 11) is 1.36. The van der Waals surface area contributed by atoms with Crippen molar-refractivity contribution in [1.82, 2.24) is 0 Å². The Morgan fingerprint density at radius 2 is 2.31 bits per heavy atom. The number of halogens is 1. The van der Waals surface area contributed by atoms with Crippen molar-refractivity contribution < 1.29 is 9.13 Å². The first kappa shape index (κ1) is 9.49. The van der Waals surface area contributed by atoms with E-state index in [-0.39, 0.29) is 11.3 Å². The van der Waals surface area contributed by atoms with Gasteiger partial charge in [-0.3, -0.25) is 0 Å². The molecular weight excluding hydrogens is 171 g/mol. The van der Waals surface area contributed by atoms with Crippen LogP contribution < -0.4 is 10.5 Å². The lowest BCUT2D eigenvalue weighted by molar-refractivity contribution is 0.383. The fourth-order valence-corrected chi connectivity index (χ4v) is 0.995.